The Bertz CT molecular complexity index is 991. The highest BCUT2D eigenvalue weighted by molar-refractivity contribution is 6.42. The summed E-state index contributed by atoms with van der Waals surface area (Å²) in [6.07, 6.45) is 1.25. The molecule has 0 radical (unpaired) electrons. The maximum absolute atomic E-state index is 12.5. The Morgan fingerprint density at radius 2 is 1.69 bits per heavy atom. The number of nitro groups is 1. The number of nitrogens with one attached hydrogen (secondary N) is 1. The van der Waals surface area contributed by atoms with Crippen molar-refractivity contribution in [2.75, 3.05) is 5.01 Å². The Morgan fingerprint density at radius 1 is 1.00 bits per heavy atom. The van der Waals surface area contributed by atoms with Gasteiger partial charge >= 0.3 is 0 Å². The second-order valence-corrected chi connectivity index (χ2v) is 6.43. The van der Waals surface area contributed by atoms with Crippen LogP contribution in [0, 0.1) is 10.1 Å². The lowest BCUT2D eigenvalue weighted by molar-refractivity contribution is -0.384. The first-order valence-electron chi connectivity index (χ1n) is 7.04. The fraction of sp³-hybridized carbons (Fsp3) is 0. The lowest BCUT2D eigenvalue weighted by Gasteiger charge is -2.15. The Balaban J connectivity index is 1.96. The van der Waals surface area contributed by atoms with Gasteiger partial charge in [0, 0.05) is 6.07 Å². The van der Waals surface area contributed by atoms with Crippen LogP contribution in [0.15, 0.2) is 42.0 Å². The molecular weight excluding hydrogens is 405 g/mol. The normalized spacial score (nSPS) is 15.5. The summed E-state index contributed by atoms with van der Waals surface area (Å²) in [4.78, 5) is 35.0. The second-order valence-electron chi connectivity index (χ2n) is 5.21. The number of benzene rings is 2. The number of carbonyl (C=O) groups is 2. The molecule has 1 heterocycles. The quantitative estimate of drug-likeness (QED) is 0.357. The van der Waals surface area contributed by atoms with Gasteiger partial charge in [-0.05, 0) is 35.9 Å². The zero-order chi connectivity index (χ0) is 19.0. The molecule has 0 unspecified atom stereocenters. The molecule has 0 aliphatic carbocycles. The van der Waals surface area contributed by atoms with Gasteiger partial charge in [-0.1, -0.05) is 40.9 Å². The average molecular weight is 413 g/mol. The van der Waals surface area contributed by atoms with E-state index in [1.807, 2.05) is 0 Å². The molecule has 1 aliphatic rings. The highest BCUT2D eigenvalue weighted by Gasteiger charge is 2.34. The molecule has 7 nitrogen and oxygen atoms in total. The van der Waals surface area contributed by atoms with Gasteiger partial charge in [-0.25, -0.2) is 5.01 Å². The van der Waals surface area contributed by atoms with Crippen molar-refractivity contribution in [2.24, 2.45) is 0 Å². The zero-order valence-corrected chi connectivity index (χ0v) is 15.0. The van der Waals surface area contributed by atoms with Crippen LogP contribution in [-0.4, -0.2) is 16.7 Å². The van der Waals surface area contributed by atoms with Crippen LogP contribution < -0.4 is 10.4 Å². The van der Waals surface area contributed by atoms with Gasteiger partial charge in [0.2, 0.25) is 0 Å². The monoisotopic (exact) mass is 411 g/mol. The van der Waals surface area contributed by atoms with Crippen molar-refractivity contribution in [1.82, 2.24) is 5.43 Å². The average Bonchev–Trinajstić information content (AvgIpc) is 2.87. The fourth-order valence-corrected chi connectivity index (χ4v) is 2.77. The standard InChI is InChI=1S/C16H8Cl3N3O4/c17-11-4-2-9(7-13(11)19)21-16(24)10(15(23)20-21)5-8-1-3-12(18)14(6-8)22(25)26/h1-7H,(H,20,23)/b10-5-. The molecular formula is C16H8Cl3N3O4. The van der Waals surface area contributed by atoms with E-state index in [0.717, 1.165) is 5.01 Å². The Hall–Kier alpha value is -2.61. The van der Waals surface area contributed by atoms with Gasteiger partial charge in [-0.3, -0.25) is 25.1 Å². The molecule has 132 valence electrons. The van der Waals surface area contributed by atoms with Crippen LogP contribution in [0.5, 0.6) is 0 Å². The molecule has 0 aromatic heterocycles. The van der Waals surface area contributed by atoms with E-state index in [-0.39, 0.29) is 26.9 Å². The molecule has 1 N–H and O–H groups in total. The summed E-state index contributed by atoms with van der Waals surface area (Å²) in [5.74, 6) is -1.29. The predicted molar refractivity (Wildman–Crippen MR) is 98.2 cm³/mol. The van der Waals surface area contributed by atoms with Crippen LogP contribution >= 0.6 is 34.8 Å². The third kappa shape index (κ3) is 3.37. The maximum Gasteiger partial charge on any atom is 0.288 e. The number of hydrogen-bond acceptors (Lipinski definition) is 4. The Kier molecular flexibility index (Phi) is 4.86. The van der Waals surface area contributed by atoms with Crippen LogP contribution in [0.3, 0.4) is 0 Å². The number of nitrogens with zero attached hydrogens (tertiary/aromatic N) is 2. The molecule has 1 aliphatic heterocycles. The van der Waals surface area contributed by atoms with Crippen molar-refractivity contribution >= 4 is 64.1 Å². The largest absolute Gasteiger partial charge is 0.288 e. The van der Waals surface area contributed by atoms with Crippen molar-refractivity contribution in [2.45, 2.75) is 0 Å². The zero-order valence-electron chi connectivity index (χ0n) is 12.7. The highest BCUT2D eigenvalue weighted by Crippen LogP contribution is 2.30. The number of rotatable bonds is 3. The van der Waals surface area contributed by atoms with Crippen molar-refractivity contribution in [3.05, 3.63) is 72.7 Å². The third-order valence-electron chi connectivity index (χ3n) is 3.53. The van der Waals surface area contributed by atoms with Crippen molar-refractivity contribution < 1.29 is 14.5 Å². The maximum atomic E-state index is 12.5. The second kappa shape index (κ2) is 6.95. The summed E-state index contributed by atoms with van der Waals surface area (Å²) in [6.45, 7) is 0. The van der Waals surface area contributed by atoms with Crippen LogP contribution in [0.4, 0.5) is 11.4 Å². The van der Waals surface area contributed by atoms with Gasteiger partial charge in [0.1, 0.15) is 10.6 Å². The molecule has 2 amide bonds. The van der Waals surface area contributed by atoms with E-state index in [9.17, 15) is 19.7 Å². The summed E-state index contributed by atoms with van der Waals surface area (Å²) < 4.78 is 0. The molecule has 1 fully saturated rings. The molecule has 0 spiro atoms. The highest BCUT2D eigenvalue weighted by atomic mass is 35.5. The first-order valence-corrected chi connectivity index (χ1v) is 8.17. The SMILES string of the molecule is O=C1NN(c2ccc(Cl)c(Cl)c2)C(=O)/C1=C\c1ccc(Cl)c([N+](=O)[O-])c1. The molecule has 0 atom stereocenters. The third-order valence-corrected chi connectivity index (χ3v) is 4.59. The Morgan fingerprint density at radius 3 is 2.35 bits per heavy atom. The van der Waals surface area contributed by atoms with Crippen LogP contribution in [0.2, 0.25) is 15.1 Å². The number of hydrazine groups is 1. The molecule has 3 rings (SSSR count). The fourth-order valence-electron chi connectivity index (χ4n) is 2.29. The van der Waals surface area contributed by atoms with Gasteiger partial charge in [-0.2, -0.15) is 0 Å². The molecule has 0 bridgehead atoms. The first kappa shape index (κ1) is 18.2. The minimum atomic E-state index is -0.654. The molecule has 2 aromatic carbocycles. The molecule has 0 saturated carbocycles. The van der Waals surface area contributed by atoms with Crippen molar-refractivity contribution in [3.63, 3.8) is 0 Å². The van der Waals surface area contributed by atoms with Crippen molar-refractivity contribution in [1.29, 1.82) is 0 Å². The minimum Gasteiger partial charge on any atom is -0.267 e. The summed E-state index contributed by atoms with van der Waals surface area (Å²) in [6, 6.07) is 8.39. The van der Waals surface area contributed by atoms with Crippen LogP contribution in [-0.2, 0) is 9.59 Å². The van der Waals surface area contributed by atoms with Gasteiger partial charge in [0.05, 0.1) is 20.7 Å². The van der Waals surface area contributed by atoms with Gasteiger partial charge in [0.25, 0.3) is 17.5 Å². The number of carbonyl (C=O) groups excluding carboxylic acids is 2. The number of hydrogen-bond donors (Lipinski definition) is 1. The minimum absolute atomic E-state index is 0.0446. The molecule has 10 heteroatoms. The van der Waals surface area contributed by atoms with E-state index < -0.39 is 16.7 Å². The Labute approximate surface area is 161 Å². The number of amides is 2. The van der Waals surface area contributed by atoms with E-state index in [4.69, 9.17) is 34.8 Å². The predicted octanol–water partition coefficient (Wildman–Crippen LogP) is 4.02. The van der Waals surface area contributed by atoms with E-state index in [0.29, 0.717) is 10.7 Å². The van der Waals surface area contributed by atoms with Crippen LogP contribution in [0.1, 0.15) is 5.56 Å². The number of anilines is 1. The number of halogens is 3. The van der Waals surface area contributed by atoms with Gasteiger partial charge in [-0.15, -0.1) is 0 Å². The van der Waals surface area contributed by atoms with E-state index in [1.54, 1.807) is 0 Å². The number of nitro benzene ring substituents is 1. The van der Waals surface area contributed by atoms with Crippen LogP contribution in [0.25, 0.3) is 6.08 Å². The topological polar surface area (TPSA) is 92.6 Å². The summed E-state index contributed by atoms with van der Waals surface area (Å²) in [7, 11) is 0. The van der Waals surface area contributed by atoms with E-state index in [2.05, 4.69) is 5.43 Å². The molecule has 2 aromatic rings. The van der Waals surface area contributed by atoms with E-state index in [1.165, 1.54) is 42.5 Å². The first-order chi connectivity index (χ1) is 12.3. The van der Waals surface area contributed by atoms with Crippen molar-refractivity contribution in [3.8, 4) is 0 Å². The van der Waals surface area contributed by atoms with Gasteiger partial charge < -0.3 is 0 Å². The lowest BCUT2D eigenvalue weighted by Crippen LogP contribution is -2.35. The smallest absolute Gasteiger partial charge is 0.267 e. The molecule has 1 saturated heterocycles. The molecule has 26 heavy (non-hydrogen) atoms. The lowest BCUT2D eigenvalue weighted by atomic mass is 10.1. The van der Waals surface area contributed by atoms with Gasteiger partial charge in [0.15, 0.2) is 0 Å². The summed E-state index contributed by atoms with van der Waals surface area (Å²) in [5.41, 5.74) is 2.50. The summed E-state index contributed by atoms with van der Waals surface area (Å²) >= 11 is 17.5. The summed E-state index contributed by atoms with van der Waals surface area (Å²) in [5, 5.41) is 12.5. The van der Waals surface area contributed by atoms with E-state index >= 15 is 0 Å².